The summed E-state index contributed by atoms with van der Waals surface area (Å²) < 4.78 is 0. The Morgan fingerprint density at radius 3 is 1.71 bits per heavy atom. The monoisotopic (exact) mass is 414 g/mol. The third-order valence-electron chi connectivity index (χ3n) is 5.63. The molecule has 2 aliphatic heterocycles. The summed E-state index contributed by atoms with van der Waals surface area (Å²) in [6.07, 6.45) is 1.51. The molecule has 8 nitrogen and oxygen atoms in total. The molecule has 5 rings (SSSR count). The highest BCUT2D eigenvalue weighted by atomic mass is 16.2. The van der Waals surface area contributed by atoms with Gasteiger partial charge in [0.05, 0.1) is 0 Å². The van der Waals surface area contributed by atoms with Crippen molar-refractivity contribution >= 4 is 40.2 Å². The van der Waals surface area contributed by atoms with E-state index in [2.05, 4.69) is 4.98 Å². The molecule has 2 aromatic carbocycles. The molecule has 0 saturated heterocycles. The fourth-order valence-electron chi connectivity index (χ4n) is 4.12. The molecular weight excluding hydrogens is 396 g/mol. The molecule has 4 amide bonds. The number of imide groups is 2. The topological polar surface area (TPSA) is 90.9 Å². The average Bonchev–Trinajstić information content (AvgIpc) is 2.76. The first-order chi connectivity index (χ1) is 14.9. The van der Waals surface area contributed by atoms with Gasteiger partial charge in [0.25, 0.3) is 23.6 Å². The lowest BCUT2D eigenvalue weighted by molar-refractivity contribution is 0.0599. The molecule has 3 aromatic rings. The highest BCUT2D eigenvalue weighted by Gasteiger charge is 2.40. The number of likely N-dealkylation sites (N-methyl/N-ethyl adjacent to an activating group) is 1. The Bertz CT molecular complexity index is 1230. The van der Waals surface area contributed by atoms with Crippen LogP contribution in [0.4, 0.5) is 5.82 Å². The summed E-state index contributed by atoms with van der Waals surface area (Å²) in [5, 5.41) is 0.722. The van der Waals surface area contributed by atoms with Crippen LogP contribution in [0.5, 0.6) is 0 Å². The van der Waals surface area contributed by atoms with Crippen molar-refractivity contribution in [1.29, 1.82) is 0 Å². The minimum atomic E-state index is -0.533. The summed E-state index contributed by atoms with van der Waals surface area (Å²) in [7, 11) is 3.73. The summed E-state index contributed by atoms with van der Waals surface area (Å²) in [6, 6.07) is 11.2. The van der Waals surface area contributed by atoms with Crippen molar-refractivity contribution in [2.24, 2.45) is 0 Å². The van der Waals surface area contributed by atoms with E-state index in [-0.39, 0.29) is 23.5 Å². The lowest BCUT2D eigenvalue weighted by atomic mass is 9.86. The number of carbonyl (C=O) groups is 4. The van der Waals surface area contributed by atoms with Gasteiger partial charge in [0.1, 0.15) is 5.82 Å². The maximum Gasteiger partial charge on any atom is 0.267 e. The zero-order chi connectivity index (χ0) is 21.9. The number of rotatable bonds is 4. The molecule has 3 heterocycles. The fraction of sp³-hybridized carbons (Fsp3) is 0.174. The quantitative estimate of drug-likeness (QED) is 0.608. The van der Waals surface area contributed by atoms with Crippen molar-refractivity contribution in [1.82, 2.24) is 14.8 Å². The molecule has 0 saturated carbocycles. The highest BCUT2D eigenvalue weighted by molar-refractivity contribution is 6.39. The van der Waals surface area contributed by atoms with Gasteiger partial charge in [-0.1, -0.05) is 6.07 Å². The average molecular weight is 414 g/mol. The fourth-order valence-corrected chi connectivity index (χ4v) is 4.12. The van der Waals surface area contributed by atoms with Crippen LogP contribution < -0.4 is 4.90 Å². The van der Waals surface area contributed by atoms with Crippen molar-refractivity contribution in [3.05, 3.63) is 70.9 Å². The van der Waals surface area contributed by atoms with E-state index in [1.54, 1.807) is 42.5 Å². The Balaban J connectivity index is 1.70. The molecule has 154 valence electrons. The van der Waals surface area contributed by atoms with Crippen LogP contribution in [-0.2, 0) is 0 Å². The number of pyridine rings is 1. The molecule has 0 aliphatic carbocycles. The molecule has 0 atom stereocenters. The Hall–Kier alpha value is -3.91. The van der Waals surface area contributed by atoms with Gasteiger partial charge in [-0.2, -0.15) is 0 Å². The third kappa shape index (κ3) is 2.69. The number of carbonyl (C=O) groups excluding carboxylic acids is 4. The van der Waals surface area contributed by atoms with Gasteiger partial charge < -0.3 is 4.90 Å². The number of hydrogen-bond donors (Lipinski definition) is 0. The van der Waals surface area contributed by atoms with Crippen LogP contribution in [-0.4, -0.2) is 65.6 Å². The Labute approximate surface area is 177 Å². The van der Waals surface area contributed by atoms with Crippen molar-refractivity contribution in [2.75, 3.05) is 32.1 Å². The van der Waals surface area contributed by atoms with Gasteiger partial charge in [-0.05, 0) is 50.5 Å². The lowest BCUT2D eigenvalue weighted by Gasteiger charge is -2.31. The minimum absolute atomic E-state index is 0.221. The number of benzene rings is 2. The lowest BCUT2D eigenvalue weighted by Crippen LogP contribution is -2.45. The van der Waals surface area contributed by atoms with Crippen LogP contribution in [0.3, 0.4) is 0 Å². The largest absolute Gasteiger partial charge is 0.308 e. The summed E-state index contributed by atoms with van der Waals surface area (Å²) in [5.41, 5.74) is 1.17. The number of anilines is 1. The predicted octanol–water partition coefficient (Wildman–Crippen LogP) is 2.19. The number of aromatic nitrogens is 1. The molecule has 0 radical (unpaired) electrons. The van der Waals surface area contributed by atoms with Gasteiger partial charge in [-0.3, -0.25) is 24.1 Å². The Kier molecular flexibility index (Phi) is 4.19. The zero-order valence-electron chi connectivity index (χ0n) is 17.0. The summed E-state index contributed by atoms with van der Waals surface area (Å²) in [5.74, 6) is -1.69. The second kappa shape index (κ2) is 6.82. The standard InChI is InChI=1S/C23H18N4O4/c1-25(2)11-12-26-20(28)13-6-8-15-19-16(9-7-14(18(13)19)21(26)29)23(31)27(22(15)30)17-5-3-4-10-24-17/h3-10H,11-12H2,1-2H3. The molecule has 31 heavy (non-hydrogen) atoms. The van der Waals surface area contributed by atoms with E-state index in [0.717, 1.165) is 4.90 Å². The smallest absolute Gasteiger partial charge is 0.267 e. The van der Waals surface area contributed by atoms with Crippen LogP contribution in [0.25, 0.3) is 10.8 Å². The molecule has 0 N–H and O–H groups in total. The SMILES string of the molecule is CN(C)CCN1C(=O)c2ccc3c4c(ccc(c24)C1=O)C(=O)N(c1ccccn1)C3=O. The van der Waals surface area contributed by atoms with E-state index in [1.165, 1.54) is 11.1 Å². The minimum Gasteiger partial charge on any atom is -0.308 e. The third-order valence-corrected chi connectivity index (χ3v) is 5.63. The molecular formula is C23H18N4O4. The first-order valence-corrected chi connectivity index (χ1v) is 9.80. The molecule has 1 aromatic heterocycles. The molecule has 0 spiro atoms. The molecule has 2 aliphatic rings. The van der Waals surface area contributed by atoms with Gasteiger partial charge in [-0.15, -0.1) is 0 Å². The maximum absolute atomic E-state index is 13.2. The Morgan fingerprint density at radius 2 is 1.26 bits per heavy atom. The van der Waals surface area contributed by atoms with E-state index in [1.807, 2.05) is 19.0 Å². The second-order valence-electron chi connectivity index (χ2n) is 7.77. The molecule has 8 heteroatoms. The van der Waals surface area contributed by atoms with Crippen LogP contribution in [0.1, 0.15) is 41.4 Å². The summed E-state index contributed by atoms with van der Waals surface area (Å²) in [6.45, 7) is 0.780. The van der Waals surface area contributed by atoms with Gasteiger partial charge in [0, 0.05) is 52.3 Å². The number of nitrogens with zero attached hydrogens (tertiary/aromatic N) is 4. The van der Waals surface area contributed by atoms with E-state index in [0.29, 0.717) is 28.4 Å². The Morgan fingerprint density at radius 1 is 0.742 bits per heavy atom. The van der Waals surface area contributed by atoms with Crippen molar-refractivity contribution < 1.29 is 19.2 Å². The van der Waals surface area contributed by atoms with Gasteiger partial charge in [0.15, 0.2) is 0 Å². The first-order valence-electron chi connectivity index (χ1n) is 9.80. The summed E-state index contributed by atoms with van der Waals surface area (Å²) >= 11 is 0. The number of hydrogen-bond acceptors (Lipinski definition) is 6. The van der Waals surface area contributed by atoms with E-state index < -0.39 is 23.6 Å². The van der Waals surface area contributed by atoms with Gasteiger partial charge >= 0.3 is 0 Å². The second-order valence-corrected chi connectivity index (χ2v) is 7.77. The van der Waals surface area contributed by atoms with Crippen LogP contribution >= 0.6 is 0 Å². The van der Waals surface area contributed by atoms with Gasteiger partial charge in [0.2, 0.25) is 0 Å². The van der Waals surface area contributed by atoms with E-state index >= 15 is 0 Å². The van der Waals surface area contributed by atoms with E-state index in [9.17, 15) is 19.2 Å². The van der Waals surface area contributed by atoms with Crippen LogP contribution in [0.15, 0.2) is 48.7 Å². The van der Waals surface area contributed by atoms with E-state index in [4.69, 9.17) is 0 Å². The highest BCUT2D eigenvalue weighted by Crippen LogP contribution is 2.38. The molecule has 0 fully saturated rings. The normalized spacial score (nSPS) is 15.5. The zero-order valence-corrected chi connectivity index (χ0v) is 17.0. The number of amides is 4. The van der Waals surface area contributed by atoms with Crippen molar-refractivity contribution in [3.8, 4) is 0 Å². The first kappa shape index (κ1) is 19.1. The maximum atomic E-state index is 13.2. The van der Waals surface area contributed by atoms with Crippen LogP contribution in [0.2, 0.25) is 0 Å². The summed E-state index contributed by atoms with van der Waals surface area (Å²) in [4.78, 5) is 60.9. The molecule has 0 bridgehead atoms. The molecule has 0 unspecified atom stereocenters. The van der Waals surface area contributed by atoms with Crippen molar-refractivity contribution in [3.63, 3.8) is 0 Å². The van der Waals surface area contributed by atoms with Gasteiger partial charge in [-0.25, -0.2) is 9.88 Å². The van der Waals surface area contributed by atoms with Crippen molar-refractivity contribution in [2.45, 2.75) is 0 Å². The van der Waals surface area contributed by atoms with Crippen LogP contribution in [0, 0.1) is 0 Å². The predicted molar refractivity (Wildman–Crippen MR) is 113 cm³/mol.